The zero-order valence-electron chi connectivity index (χ0n) is 18.9. The monoisotopic (exact) mass is 466 g/mol. The zero-order chi connectivity index (χ0) is 24.5. The highest BCUT2D eigenvalue weighted by Crippen LogP contribution is 2.35. The van der Waals surface area contributed by atoms with Gasteiger partial charge in [-0.2, -0.15) is 18.3 Å². The number of methoxy groups -OCH3 is 2. The SMILES string of the molecule is COc1ccc(CCNC(=O)C(C)n2c(=O)cc(C(F)(F)F)c3c(C)nn(C)c32)cc1OC. The van der Waals surface area contributed by atoms with E-state index >= 15 is 0 Å². The summed E-state index contributed by atoms with van der Waals surface area (Å²) >= 11 is 0. The van der Waals surface area contributed by atoms with Gasteiger partial charge in [-0.3, -0.25) is 18.8 Å². The van der Waals surface area contributed by atoms with E-state index in [1.807, 2.05) is 6.07 Å². The van der Waals surface area contributed by atoms with Crippen molar-refractivity contribution in [2.75, 3.05) is 20.8 Å². The van der Waals surface area contributed by atoms with Crippen molar-refractivity contribution in [2.45, 2.75) is 32.5 Å². The first-order valence-corrected chi connectivity index (χ1v) is 10.1. The lowest BCUT2D eigenvalue weighted by Gasteiger charge is -2.19. The van der Waals surface area contributed by atoms with Gasteiger partial charge in [0.15, 0.2) is 11.5 Å². The van der Waals surface area contributed by atoms with E-state index < -0.39 is 29.2 Å². The number of halogens is 3. The first kappa shape index (κ1) is 24.1. The van der Waals surface area contributed by atoms with Crippen molar-refractivity contribution in [1.82, 2.24) is 19.7 Å². The number of carbonyl (C=O) groups excluding carboxylic acids is 1. The average Bonchev–Trinajstić information content (AvgIpc) is 3.05. The number of carbonyl (C=O) groups is 1. The third kappa shape index (κ3) is 4.67. The maximum Gasteiger partial charge on any atom is 0.417 e. The minimum atomic E-state index is -4.73. The molecule has 33 heavy (non-hydrogen) atoms. The molecule has 0 saturated heterocycles. The Hall–Kier alpha value is -3.50. The van der Waals surface area contributed by atoms with Crippen molar-refractivity contribution in [3.05, 3.63) is 51.4 Å². The van der Waals surface area contributed by atoms with Crippen LogP contribution in [0.4, 0.5) is 13.2 Å². The highest BCUT2D eigenvalue weighted by molar-refractivity contribution is 5.86. The average molecular weight is 466 g/mol. The number of hydrogen-bond donors (Lipinski definition) is 1. The zero-order valence-corrected chi connectivity index (χ0v) is 18.9. The molecule has 3 rings (SSSR count). The van der Waals surface area contributed by atoms with Gasteiger partial charge in [-0.1, -0.05) is 6.07 Å². The Balaban J connectivity index is 1.85. The second kappa shape index (κ2) is 9.16. The number of aryl methyl sites for hydroxylation is 2. The van der Waals surface area contributed by atoms with Gasteiger partial charge in [0.1, 0.15) is 11.7 Å². The van der Waals surface area contributed by atoms with Crippen molar-refractivity contribution in [3.8, 4) is 11.5 Å². The van der Waals surface area contributed by atoms with E-state index in [1.54, 1.807) is 12.1 Å². The Morgan fingerprint density at radius 2 is 1.85 bits per heavy atom. The van der Waals surface area contributed by atoms with Crippen molar-refractivity contribution in [1.29, 1.82) is 0 Å². The van der Waals surface area contributed by atoms with E-state index in [9.17, 15) is 22.8 Å². The molecule has 8 nitrogen and oxygen atoms in total. The predicted octanol–water partition coefficient (Wildman–Crippen LogP) is 3.00. The number of amides is 1. The molecule has 2 heterocycles. The fraction of sp³-hybridized carbons (Fsp3) is 0.409. The molecule has 3 aromatic rings. The van der Waals surface area contributed by atoms with Crippen molar-refractivity contribution in [3.63, 3.8) is 0 Å². The minimum absolute atomic E-state index is 0.0603. The number of rotatable bonds is 7. The van der Waals surface area contributed by atoms with Gasteiger partial charge in [0.25, 0.3) is 5.56 Å². The topological polar surface area (TPSA) is 87.4 Å². The number of benzene rings is 1. The second-order valence-corrected chi connectivity index (χ2v) is 7.58. The smallest absolute Gasteiger partial charge is 0.417 e. The summed E-state index contributed by atoms with van der Waals surface area (Å²) in [6, 6.07) is 4.84. The number of hydrogen-bond acceptors (Lipinski definition) is 5. The van der Waals surface area contributed by atoms with Crippen LogP contribution >= 0.6 is 0 Å². The molecule has 2 aromatic heterocycles. The van der Waals surface area contributed by atoms with Gasteiger partial charge in [0.2, 0.25) is 5.91 Å². The Morgan fingerprint density at radius 1 is 1.18 bits per heavy atom. The van der Waals surface area contributed by atoms with Gasteiger partial charge in [-0.15, -0.1) is 0 Å². The molecule has 0 bridgehead atoms. The van der Waals surface area contributed by atoms with Crippen LogP contribution in [0.15, 0.2) is 29.1 Å². The summed E-state index contributed by atoms with van der Waals surface area (Å²) < 4.78 is 53.3. The fourth-order valence-corrected chi connectivity index (χ4v) is 3.84. The summed E-state index contributed by atoms with van der Waals surface area (Å²) in [6.45, 7) is 3.14. The quantitative estimate of drug-likeness (QED) is 0.579. The molecule has 0 spiro atoms. The molecule has 1 amide bonds. The third-order valence-corrected chi connectivity index (χ3v) is 5.43. The van der Waals surface area contributed by atoms with E-state index in [0.29, 0.717) is 24.0 Å². The lowest BCUT2D eigenvalue weighted by Crippen LogP contribution is -2.37. The molecule has 1 aromatic carbocycles. The number of fused-ring (bicyclic) bond motifs is 1. The Kier molecular flexibility index (Phi) is 6.71. The largest absolute Gasteiger partial charge is 0.493 e. The molecule has 11 heteroatoms. The predicted molar refractivity (Wildman–Crippen MR) is 116 cm³/mol. The van der Waals surface area contributed by atoms with Crippen LogP contribution in [0.3, 0.4) is 0 Å². The van der Waals surface area contributed by atoms with Gasteiger partial charge >= 0.3 is 6.18 Å². The highest BCUT2D eigenvalue weighted by Gasteiger charge is 2.36. The van der Waals surface area contributed by atoms with Gasteiger partial charge in [-0.05, 0) is 38.0 Å². The van der Waals surface area contributed by atoms with Gasteiger partial charge in [0.05, 0.1) is 30.9 Å². The number of ether oxygens (including phenoxy) is 2. The maximum absolute atomic E-state index is 13.5. The van der Waals surface area contributed by atoms with Gasteiger partial charge in [0, 0.05) is 19.7 Å². The van der Waals surface area contributed by atoms with Gasteiger partial charge < -0.3 is 14.8 Å². The number of alkyl halides is 3. The Labute approximate surface area is 187 Å². The highest BCUT2D eigenvalue weighted by atomic mass is 19.4. The van der Waals surface area contributed by atoms with E-state index in [2.05, 4.69) is 10.4 Å². The molecular formula is C22H25F3N4O4. The molecule has 0 radical (unpaired) electrons. The lowest BCUT2D eigenvalue weighted by atomic mass is 10.1. The maximum atomic E-state index is 13.5. The summed E-state index contributed by atoms with van der Waals surface area (Å²) in [7, 11) is 4.49. The van der Waals surface area contributed by atoms with Crippen molar-refractivity contribution >= 4 is 16.9 Å². The summed E-state index contributed by atoms with van der Waals surface area (Å²) in [5.41, 5.74) is -1.05. The normalized spacial score (nSPS) is 12.6. The molecule has 0 aliphatic heterocycles. The van der Waals surface area contributed by atoms with Crippen LogP contribution < -0.4 is 20.3 Å². The molecule has 0 aliphatic rings. The van der Waals surface area contributed by atoms with E-state index in [1.165, 1.54) is 39.8 Å². The summed E-state index contributed by atoms with van der Waals surface area (Å²) in [5, 5.41) is 6.58. The number of aromatic nitrogens is 3. The Bertz CT molecular complexity index is 1250. The fourth-order valence-electron chi connectivity index (χ4n) is 3.84. The number of pyridine rings is 1. The third-order valence-electron chi connectivity index (χ3n) is 5.43. The van der Waals surface area contributed by atoms with Crippen molar-refractivity contribution < 1.29 is 27.4 Å². The van der Waals surface area contributed by atoms with Crippen molar-refractivity contribution in [2.24, 2.45) is 7.05 Å². The van der Waals surface area contributed by atoms with Crippen LogP contribution in [0.2, 0.25) is 0 Å². The summed E-state index contributed by atoms with van der Waals surface area (Å²) in [5.74, 6) is 0.633. The van der Waals surface area contributed by atoms with Crippen LogP contribution in [0.1, 0.15) is 29.8 Å². The van der Waals surface area contributed by atoms with Gasteiger partial charge in [-0.25, -0.2) is 0 Å². The molecule has 1 unspecified atom stereocenters. The summed E-state index contributed by atoms with van der Waals surface area (Å²) in [4.78, 5) is 25.4. The molecular weight excluding hydrogens is 441 g/mol. The van der Waals surface area contributed by atoms with E-state index in [-0.39, 0.29) is 23.3 Å². The minimum Gasteiger partial charge on any atom is -0.493 e. The number of nitrogens with zero attached hydrogens (tertiary/aromatic N) is 3. The summed E-state index contributed by atoms with van der Waals surface area (Å²) in [6.07, 6.45) is -4.25. The second-order valence-electron chi connectivity index (χ2n) is 7.58. The van der Waals surface area contributed by atoms with Crippen LogP contribution in [-0.4, -0.2) is 41.0 Å². The van der Waals surface area contributed by atoms with Crippen LogP contribution in [0.5, 0.6) is 11.5 Å². The molecule has 0 saturated carbocycles. The van der Waals surface area contributed by atoms with E-state index in [4.69, 9.17) is 9.47 Å². The van der Waals surface area contributed by atoms with E-state index in [0.717, 1.165) is 10.1 Å². The molecule has 1 N–H and O–H groups in total. The first-order valence-electron chi connectivity index (χ1n) is 10.1. The van der Waals surface area contributed by atoms with Crippen LogP contribution in [-0.2, 0) is 24.4 Å². The van der Waals surface area contributed by atoms with Crippen LogP contribution in [0, 0.1) is 6.92 Å². The lowest BCUT2D eigenvalue weighted by molar-refractivity contribution is -0.136. The first-order chi connectivity index (χ1) is 15.5. The van der Waals surface area contributed by atoms with Crippen LogP contribution in [0.25, 0.3) is 11.0 Å². The number of nitrogens with one attached hydrogen (secondary N) is 1. The molecule has 0 aliphatic carbocycles. The molecule has 178 valence electrons. The standard InChI is InChI=1S/C22H25F3N4O4/c1-12-19-15(22(23,24)25)11-18(30)29(21(19)28(3)27-12)13(2)20(31)26-9-8-14-6-7-16(32-4)17(10-14)33-5/h6-7,10-11,13H,8-9H2,1-5H3,(H,26,31). The molecule has 0 fully saturated rings. The Morgan fingerprint density at radius 3 is 2.45 bits per heavy atom. The molecule has 1 atom stereocenters.